The smallest absolute Gasteiger partial charge is 0.165 e. The van der Waals surface area contributed by atoms with Crippen molar-refractivity contribution in [2.75, 3.05) is 20.2 Å². The molecule has 0 amide bonds. The number of benzene rings is 1. The molecular formula is C17H27FN2O. The quantitative estimate of drug-likeness (QED) is 0.927. The summed E-state index contributed by atoms with van der Waals surface area (Å²) in [5.41, 5.74) is 1.22. The molecule has 2 unspecified atom stereocenters. The molecule has 118 valence electrons. The van der Waals surface area contributed by atoms with E-state index < -0.39 is 0 Å². The number of rotatable bonds is 3. The van der Waals surface area contributed by atoms with Gasteiger partial charge in [-0.2, -0.15) is 0 Å². The van der Waals surface area contributed by atoms with Crippen molar-refractivity contribution in [3.05, 3.63) is 29.6 Å². The maximum absolute atomic E-state index is 13.8. The Bertz CT molecular complexity index is 484. The summed E-state index contributed by atoms with van der Waals surface area (Å²) in [6.45, 7) is 11.7. The number of hydrogen-bond acceptors (Lipinski definition) is 3. The van der Waals surface area contributed by atoms with Crippen molar-refractivity contribution < 1.29 is 9.13 Å². The summed E-state index contributed by atoms with van der Waals surface area (Å²) >= 11 is 0. The molecule has 1 heterocycles. The van der Waals surface area contributed by atoms with Gasteiger partial charge in [0.1, 0.15) is 0 Å². The fourth-order valence-electron chi connectivity index (χ4n) is 2.76. The van der Waals surface area contributed by atoms with Crippen LogP contribution in [-0.2, 0) is 6.54 Å². The second-order valence-corrected chi connectivity index (χ2v) is 7.07. The number of halogens is 1. The van der Waals surface area contributed by atoms with E-state index >= 15 is 0 Å². The molecule has 0 saturated carbocycles. The number of piperazine rings is 1. The lowest BCUT2D eigenvalue weighted by molar-refractivity contribution is 0.0876. The Kier molecular flexibility index (Phi) is 4.89. The summed E-state index contributed by atoms with van der Waals surface area (Å²) in [5, 5.41) is 3.62. The molecule has 1 aliphatic heterocycles. The van der Waals surface area contributed by atoms with E-state index in [-0.39, 0.29) is 11.2 Å². The lowest BCUT2D eigenvalue weighted by Crippen LogP contribution is -2.59. The highest BCUT2D eigenvalue weighted by Crippen LogP contribution is 2.25. The fourth-order valence-corrected chi connectivity index (χ4v) is 2.76. The zero-order valence-electron chi connectivity index (χ0n) is 13.7. The van der Waals surface area contributed by atoms with Gasteiger partial charge in [0.2, 0.25) is 0 Å². The lowest BCUT2D eigenvalue weighted by Gasteiger charge is -2.44. The van der Waals surface area contributed by atoms with E-state index in [2.05, 4.69) is 37.9 Å². The van der Waals surface area contributed by atoms with Crippen molar-refractivity contribution >= 4 is 0 Å². The zero-order valence-corrected chi connectivity index (χ0v) is 13.7. The Hall–Kier alpha value is -1.13. The van der Waals surface area contributed by atoms with E-state index in [9.17, 15) is 4.39 Å². The van der Waals surface area contributed by atoms with Gasteiger partial charge >= 0.3 is 0 Å². The lowest BCUT2D eigenvalue weighted by atomic mass is 9.84. The molecule has 1 N–H and O–H groups in total. The number of hydrogen-bond donors (Lipinski definition) is 1. The van der Waals surface area contributed by atoms with Gasteiger partial charge in [-0.25, -0.2) is 4.39 Å². The van der Waals surface area contributed by atoms with Gasteiger partial charge in [0.15, 0.2) is 11.6 Å². The number of ether oxygens (including phenoxy) is 1. The van der Waals surface area contributed by atoms with Gasteiger partial charge in [-0.05, 0) is 30.0 Å². The highest BCUT2D eigenvalue weighted by molar-refractivity contribution is 5.29. The van der Waals surface area contributed by atoms with E-state index in [4.69, 9.17) is 4.74 Å². The molecule has 3 nitrogen and oxygen atoms in total. The molecular weight excluding hydrogens is 267 g/mol. The van der Waals surface area contributed by atoms with Gasteiger partial charge in [-0.1, -0.05) is 26.8 Å². The second kappa shape index (κ2) is 6.32. The maximum atomic E-state index is 13.8. The molecule has 0 aliphatic carbocycles. The van der Waals surface area contributed by atoms with Crippen LogP contribution in [0.3, 0.4) is 0 Å². The SMILES string of the molecule is COc1ccc(CN2CC(C(C)(C)C)NCC2C)cc1F. The largest absolute Gasteiger partial charge is 0.494 e. The number of nitrogens with zero attached hydrogens (tertiary/aromatic N) is 1. The van der Waals surface area contributed by atoms with E-state index in [1.165, 1.54) is 7.11 Å². The Balaban J connectivity index is 2.08. The van der Waals surface area contributed by atoms with Crippen LogP contribution < -0.4 is 10.1 Å². The average Bonchev–Trinajstić information content (AvgIpc) is 2.40. The van der Waals surface area contributed by atoms with Crippen LogP contribution >= 0.6 is 0 Å². The predicted molar refractivity (Wildman–Crippen MR) is 84.1 cm³/mol. The van der Waals surface area contributed by atoms with E-state index in [0.29, 0.717) is 17.8 Å². The van der Waals surface area contributed by atoms with Crippen molar-refractivity contribution in [3.63, 3.8) is 0 Å². The molecule has 21 heavy (non-hydrogen) atoms. The van der Waals surface area contributed by atoms with Crippen LogP contribution in [0.5, 0.6) is 5.75 Å². The Morgan fingerprint density at radius 1 is 1.38 bits per heavy atom. The van der Waals surface area contributed by atoms with Gasteiger partial charge in [-0.15, -0.1) is 0 Å². The highest BCUT2D eigenvalue weighted by atomic mass is 19.1. The zero-order chi connectivity index (χ0) is 15.6. The van der Waals surface area contributed by atoms with Gasteiger partial charge in [0, 0.05) is 31.7 Å². The summed E-state index contributed by atoms with van der Waals surface area (Å²) in [4.78, 5) is 2.42. The van der Waals surface area contributed by atoms with E-state index in [1.54, 1.807) is 12.1 Å². The van der Waals surface area contributed by atoms with Gasteiger partial charge < -0.3 is 10.1 Å². The minimum Gasteiger partial charge on any atom is -0.494 e. The Morgan fingerprint density at radius 3 is 2.67 bits per heavy atom. The maximum Gasteiger partial charge on any atom is 0.165 e. The molecule has 2 atom stereocenters. The van der Waals surface area contributed by atoms with Crippen molar-refractivity contribution in [1.29, 1.82) is 0 Å². The standard InChI is InChI=1S/C17H27FN2O/c1-12-9-19-16(17(2,3)4)11-20(12)10-13-6-7-15(21-5)14(18)8-13/h6-8,12,16,19H,9-11H2,1-5H3. The third-order valence-electron chi connectivity index (χ3n) is 4.35. The minimum absolute atomic E-state index is 0.226. The molecule has 2 rings (SSSR count). The molecule has 1 aromatic rings. The van der Waals surface area contributed by atoms with E-state index in [0.717, 1.165) is 25.2 Å². The molecule has 1 saturated heterocycles. The molecule has 4 heteroatoms. The monoisotopic (exact) mass is 294 g/mol. The first-order valence-electron chi connectivity index (χ1n) is 7.61. The van der Waals surface area contributed by atoms with Crippen molar-refractivity contribution in [1.82, 2.24) is 10.2 Å². The summed E-state index contributed by atoms with van der Waals surface area (Å²) in [6.07, 6.45) is 0. The first-order valence-corrected chi connectivity index (χ1v) is 7.61. The Labute approximate surface area is 127 Å². The van der Waals surface area contributed by atoms with Crippen molar-refractivity contribution in [2.45, 2.75) is 46.3 Å². The van der Waals surface area contributed by atoms with Crippen molar-refractivity contribution in [2.24, 2.45) is 5.41 Å². The van der Waals surface area contributed by atoms with Crippen LogP contribution in [0.1, 0.15) is 33.3 Å². The van der Waals surface area contributed by atoms with Crippen LogP contribution in [0.2, 0.25) is 0 Å². The third kappa shape index (κ3) is 3.95. The highest BCUT2D eigenvalue weighted by Gasteiger charge is 2.32. The summed E-state index contributed by atoms with van der Waals surface area (Å²) in [6, 6.07) is 6.15. The molecule has 0 spiro atoms. The molecule has 1 aliphatic rings. The van der Waals surface area contributed by atoms with Crippen LogP contribution in [0, 0.1) is 11.2 Å². The van der Waals surface area contributed by atoms with Crippen molar-refractivity contribution in [3.8, 4) is 5.75 Å². The van der Waals surface area contributed by atoms with Crippen LogP contribution in [0.4, 0.5) is 4.39 Å². The third-order valence-corrected chi connectivity index (χ3v) is 4.35. The van der Waals surface area contributed by atoms with Crippen LogP contribution in [0.15, 0.2) is 18.2 Å². The van der Waals surface area contributed by atoms with Crippen LogP contribution in [-0.4, -0.2) is 37.2 Å². The average molecular weight is 294 g/mol. The van der Waals surface area contributed by atoms with Gasteiger partial charge in [-0.3, -0.25) is 4.90 Å². The first-order chi connectivity index (χ1) is 9.81. The van der Waals surface area contributed by atoms with Crippen LogP contribution in [0.25, 0.3) is 0 Å². The second-order valence-electron chi connectivity index (χ2n) is 7.07. The Morgan fingerprint density at radius 2 is 2.10 bits per heavy atom. The summed E-state index contributed by atoms with van der Waals surface area (Å²) in [5.74, 6) is 0.0184. The topological polar surface area (TPSA) is 24.5 Å². The normalized spacial score (nSPS) is 24.1. The number of nitrogens with one attached hydrogen (secondary N) is 1. The predicted octanol–water partition coefficient (Wildman–Crippen LogP) is 3.04. The summed E-state index contributed by atoms with van der Waals surface area (Å²) < 4.78 is 18.8. The van der Waals surface area contributed by atoms with Gasteiger partial charge in [0.25, 0.3) is 0 Å². The molecule has 0 bridgehead atoms. The summed E-state index contributed by atoms with van der Waals surface area (Å²) in [7, 11) is 1.49. The molecule has 1 fully saturated rings. The first kappa shape index (κ1) is 16.2. The molecule has 0 aromatic heterocycles. The fraction of sp³-hybridized carbons (Fsp3) is 0.647. The van der Waals surface area contributed by atoms with Gasteiger partial charge in [0.05, 0.1) is 7.11 Å². The molecule has 0 radical (unpaired) electrons. The minimum atomic E-state index is -0.287. The van der Waals surface area contributed by atoms with E-state index in [1.807, 2.05) is 6.07 Å². The number of methoxy groups -OCH3 is 1. The molecule has 1 aromatic carbocycles.